The first-order valence-electron chi connectivity index (χ1n) is 6.87. The van der Waals surface area contributed by atoms with Gasteiger partial charge in [-0.1, -0.05) is 6.07 Å². The lowest BCUT2D eigenvalue weighted by atomic mass is 10.3. The largest absolute Gasteiger partial charge is 0.476 e. The van der Waals surface area contributed by atoms with Gasteiger partial charge >= 0.3 is 0 Å². The number of thiol groups is 1. The first-order chi connectivity index (χ1) is 10.3. The van der Waals surface area contributed by atoms with Crippen molar-refractivity contribution in [3.05, 3.63) is 48.4 Å². The van der Waals surface area contributed by atoms with Gasteiger partial charge in [-0.2, -0.15) is 12.6 Å². The maximum absolute atomic E-state index is 5.84. The van der Waals surface area contributed by atoms with Crippen molar-refractivity contribution in [2.75, 3.05) is 24.2 Å². The Hall–Kier alpha value is -1.79. The molecule has 2 aromatic rings. The lowest BCUT2D eigenvalue weighted by Crippen LogP contribution is -2.30. The normalized spacial score (nSPS) is 11.9. The van der Waals surface area contributed by atoms with E-state index in [4.69, 9.17) is 10.5 Å². The van der Waals surface area contributed by atoms with Gasteiger partial charge in [0.2, 0.25) is 5.88 Å². The summed E-state index contributed by atoms with van der Waals surface area (Å²) in [5, 5.41) is 3.24. The highest BCUT2D eigenvalue weighted by Gasteiger charge is 2.06. The van der Waals surface area contributed by atoms with Crippen molar-refractivity contribution in [2.45, 2.75) is 12.5 Å². The Balaban J connectivity index is 1.87. The molecule has 0 bridgehead atoms. The quantitative estimate of drug-likeness (QED) is 0.648. The second-order valence-corrected chi connectivity index (χ2v) is 4.96. The first kappa shape index (κ1) is 15.6. The third-order valence-corrected chi connectivity index (χ3v) is 3.35. The van der Waals surface area contributed by atoms with E-state index in [1.165, 1.54) is 0 Å². The van der Waals surface area contributed by atoms with Crippen molar-refractivity contribution in [2.24, 2.45) is 5.73 Å². The van der Waals surface area contributed by atoms with Gasteiger partial charge in [0.15, 0.2) is 0 Å². The molecule has 2 heterocycles. The molecule has 3 N–H and O–H groups in total. The van der Waals surface area contributed by atoms with E-state index >= 15 is 0 Å². The molecular formula is C15H20N4OS. The minimum atomic E-state index is -0.00471. The molecule has 2 rings (SSSR count). The summed E-state index contributed by atoms with van der Waals surface area (Å²) in [6.07, 6.45) is 4.23. The molecule has 1 atom stereocenters. The lowest BCUT2D eigenvalue weighted by Gasteiger charge is -2.14. The van der Waals surface area contributed by atoms with Crippen LogP contribution in [0.1, 0.15) is 5.69 Å². The highest BCUT2D eigenvalue weighted by atomic mass is 32.1. The van der Waals surface area contributed by atoms with Crippen molar-refractivity contribution in [1.29, 1.82) is 0 Å². The Morgan fingerprint density at radius 3 is 2.81 bits per heavy atom. The molecule has 0 radical (unpaired) electrons. The summed E-state index contributed by atoms with van der Waals surface area (Å²) in [6, 6.07) is 9.63. The van der Waals surface area contributed by atoms with Gasteiger partial charge < -0.3 is 15.8 Å². The Labute approximate surface area is 130 Å². The fourth-order valence-corrected chi connectivity index (χ4v) is 1.87. The zero-order chi connectivity index (χ0) is 14.9. The summed E-state index contributed by atoms with van der Waals surface area (Å²) in [6.45, 7) is 1.16. The zero-order valence-corrected chi connectivity index (χ0v) is 12.7. The SMILES string of the molecule is NC(CS)CNc1cccnc1OCCc1ccccn1. The molecule has 5 nitrogen and oxygen atoms in total. The lowest BCUT2D eigenvalue weighted by molar-refractivity contribution is 0.309. The predicted octanol–water partition coefficient (Wildman–Crippen LogP) is 1.77. The second kappa shape index (κ2) is 8.49. The highest BCUT2D eigenvalue weighted by Crippen LogP contribution is 2.20. The van der Waals surface area contributed by atoms with Crippen LogP contribution in [0.2, 0.25) is 0 Å². The maximum atomic E-state index is 5.84. The summed E-state index contributed by atoms with van der Waals surface area (Å²) in [4.78, 5) is 8.51. The average molecular weight is 304 g/mol. The van der Waals surface area contributed by atoms with E-state index in [-0.39, 0.29) is 6.04 Å². The summed E-state index contributed by atoms with van der Waals surface area (Å²) >= 11 is 4.17. The van der Waals surface area contributed by atoms with Crippen LogP contribution in [-0.4, -0.2) is 34.9 Å². The molecule has 0 aromatic carbocycles. The number of pyridine rings is 2. The van der Waals surface area contributed by atoms with Crippen LogP contribution >= 0.6 is 12.6 Å². The van der Waals surface area contributed by atoms with E-state index in [1.54, 1.807) is 12.4 Å². The van der Waals surface area contributed by atoms with Gasteiger partial charge in [-0.3, -0.25) is 4.98 Å². The minimum Gasteiger partial charge on any atom is -0.476 e. The Morgan fingerprint density at radius 1 is 1.19 bits per heavy atom. The molecule has 0 spiro atoms. The number of nitrogens with one attached hydrogen (secondary N) is 1. The van der Waals surface area contributed by atoms with E-state index in [9.17, 15) is 0 Å². The number of anilines is 1. The summed E-state index contributed by atoms with van der Waals surface area (Å²) < 4.78 is 5.73. The van der Waals surface area contributed by atoms with E-state index in [1.807, 2.05) is 30.3 Å². The molecule has 0 aliphatic carbocycles. The van der Waals surface area contributed by atoms with E-state index in [0.717, 1.165) is 17.8 Å². The number of aromatic nitrogens is 2. The molecule has 0 saturated heterocycles. The Bertz CT molecular complexity index is 538. The van der Waals surface area contributed by atoms with Gasteiger partial charge in [-0.05, 0) is 24.3 Å². The molecule has 1 unspecified atom stereocenters. The zero-order valence-electron chi connectivity index (χ0n) is 11.8. The van der Waals surface area contributed by atoms with Crippen LogP contribution in [0.25, 0.3) is 0 Å². The molecule has 2 aromatic heterocycles. The number of ether oxygens (including phenoxy) is 1. The van der Waals surface area contributed by atoms with Crippen molar-refractivity contribution < 1.29 is 4.74 Å². The van der Waals surface area contributed by atoms with E-state index < -0.39 is 0 Å². The van der Waals surface area contributed by atoms with Gasteiger partial charge in [0.25, 0.3) is 0 Å². The monoisotopic (exact) mass is 304 g/mol. The van der Waals surface area contributed by atoms with Crippen LogP contribution in [0.5, 0.6) is 5.88 Å². The average Bonchev–Trinajstić information content (AvgIpc) is 2.54. The van der Waals surface area contributed by atoms with E-state index in [2.05, 4.69) is 27.9 Å². The fourth-order valence-electron chi connectivity index (χ4n) is 1.74. The maximum Gasteiger partial charge on any atom is 0.237 e. The third-order valence-electron chi connectivity index (χ3n) is 2.88. The molecule has 0 aliphatic rings. The molecule has 112 valence electrons. The van der Waals surface area contributed by atoms with Gasteiger partial charge in [-0.25, -0.2) is 4.98 Å². The molecule has 21 heavy (non-hydrogen) atoms. The Kier molecular flexibility index (Phi) is 6.30. The van der Waals surface area contributed by atoms with Crippen molar-refractivity contribution in [3.63, 3.8) is 0 Å². The van der Waals surface area contributed by atoms with Crippen LogP contribution in [-0.2, 0) is 6.42 Å². The van der Waals surface area contributed by atoms with Gasteiger partial charge in [0.05, 0.1) is 12.3 Å². The second-order valence-electron chi connectivity index (χ2n) is 4.60. The minimum absolute atomic E-state index is 0.00471. The highest BCUT2D eigenvalue weighted by molar-refractivity contribution is 7.80. The number of nitrogens with two attached hydrogens (primary N) is 1. The fraction of sp³-hybridized carbons (Fsp3) is 0.333. The molecular weight excluding hydrogens is 284 g/mol. The smallest absolute Gasteiger partial charge is 0.237 e. The van der Waals surface area contributed by atoms with Gasteiger partial charge in [0, 0.05) is 42.8 Å². The van der Waals surface area contributed by atoms with Crippen LogP contribution < -0.4 is 15.8 Å². The molecule has 0 amide bonds. The number of nitrogens with zero attached hydrogens (tertiary/aromatic N) is 2. The summed E-state index contributed by atoms with van der Waals surface area (Å²) in [5.41, 5.74) is 7.68. The third kappa shape index (κ3) is 5.24. The van der Waals surface area contributed by atoms with Crippen molar-refractivity contribution >= 4 is 18.3 Å². The molecule has 0 saturated carbocycles. The van der Waals surface area contributed by atoms with Crippen LogP contribution in [0.4, 0.5) is 5.69 Å². The van der Waals surface area contributed by atoms with Crippen LogP contribution in [0, 0.1) is 0 Å². The van der Waals surface area contributed by atoms with Crippen LogP contribution in [0.3, 0.4) is 0 Å². The van der Waals surface area contributed by atoms with Crippen molar-refractivity contribution in [3.8, 4) is 5.88 Å². The number of hydrogen-bond donors (Lipinski definition) is 3. The number of hydrogen-bond acceptors (Lipinski definition) is 6. The van der Waals surface area contributed by atoms with Crippen molar-refractivity contribution in [1.82, 2.24) is 9.97 Å². The summed E-state index contributed by atoms with van der Waals surface area (Å²) in [5.74, 6) is 1.21. The Morgan fingerprint density at radius 2 is 2.05 bits per heavy atom. The first-order valence-corrected chi connectivity index (χ1v) is 7.51. The predicted molar refractivity (Wildman–Crippen MR) is 88.0 cm³/mol. The van der Waals surface area contributed by atoms with Gasteiger partial charge in [-0.15, -0.1) is 0 Å². The topological polar surface area (TPSA) is 73.1 Å². The summed E-state index contributed by atoms with van der Waals surface area (Å²) in [7, 11) is 0. The molecule has 0 fully saturated rings. The van der Waals surface area contributed by atoms with Gasteiger partial charge in [0.1, 0.15) is 0 Å². The van der Waals surface area contributed by atoms with E-state index in [0.29, 0.717) is 24.8 Å². The molecule has 6 heteroatoms. The van der Waals surface area contributed by atoms with Crippen LogP contribution in [0.15, 0.2) is 42.7 Å². The number of rotatable bonds is 8. The standard InChI is InChI=1S/C15H20N4OS/c16-12(11-21)10-19-14-5-3-8-18-15(14)20-9-6-13-4-1-2-7-17-13/h1-5,7-8,12,19,21H,6,9-11,16H2. The molecule has 0 aliphatic heterocycles.